The maximum absolute atomic E-state index is 4.07. The summed E-state index contributed by atoms with van der Waals surface area (Å²) in [5.74, 6) is 0. The van der Waals surface area contributed by atoms with Crippen molar-refractivity contribution >= 4 is 11.8 Å². The molecule has 0 spiro atoms. The molecule has 4 nitrogen and oxygen atoms in total. The molecule has 0 aliphatic rings. The first kappa shape index (κ1) is 13.5. The van der Waals surface area contributed by atoms with Crippen molar-refractivity contribution in [3.8, 4) is 0 Å². The molecule has 16 heavy (non-hydrogen) atoms. The highest BCUT2D eigenvalue weighted by Gasteiger charge is 2.16. The maximum Gasteiger partial charge on any atom is 0.191 e. The van der Waals surface area contributed by atoms with Crippen LogP contribution < -0.4 is 5.32 Å². The maximum atomic E-state index is 4.07. The van der Waals surface area contributed by atoms with Crippen molar-refractivity contribution in [2.45, 2.75) is 50.1 Å². The molecule has 1 aromatic rings. The molecule has 0 aromatic carbocycles. The first-order valence-corrected chi connectivity index (χ1v) is 6.58. The summed E-state index contributed by atoms with van der Waals surface area (Å²) in [7, 11) is 1.97. The molecule has 1 atom stereocenters. The fraction of sp³-hybridized carbons (Fsp3) is 0.818. The van der Waals surface area contributed by atoms with E-state index in [9.17, 15) is 0 Å². The normalized spacial score (nSPS) is 14.1. The third-order valence-corrected chi connectivity index (χ3v) is 3.88. The van der Waals surface area contributed by atoms with Gasteiger partial charge in [0.1, 0.15) is 6.33 Å². The summed E-state index contributed by atoms with van der Waals surface area (Å²) < 4.78 is 1.95. The monoisotopic (exact) mass is 242 g/mol. The molecule has 0 radical (unpaired) electrons. The van der Waals surface area contributed by atoms with Gasteiger partial charge in [0.15, 0.2) is 5.16 Å². The highest BCUT2D eigenvalue weighted by molar-refractivity contribution is 7.99. The number of aryl methyl sites for hydroxylation is 1. The average Bonchev–Trinajstić information content (AvgIpc) is 2.62. The Morgan fingerprint density at radius 1 is 1.56 bits per heavy atom. The number of hydrogen-bond acceptors (Lipinski definition) is 4. The summed E-state index contributed by atoms with van der Waals surface area (Å²) in [6.07, 6.45) is 2.87. The molecule has 5 heteroatoms. The second-order valence-corrected chi connectivity index (χ2v) is 6.18. The van der Waals surface area contributed by atoms with Gasteiger partial charge < -0.3 is 9.88 Å². The van der Waals surface area contributed by atoms with Gasteiger partial charge in [-0.15, -0.1) is 10.2 Å². The minimum atomic E-state index is 0.217. The van der Waals surface area contributed by atoms with Crippen LogP contribution in [-0.4, -0.2) is 32.1 Å². The molecular formula is C11H22N4S. The molecule has 0 fully saturated rings. The molecule has 1 heterocycles. The van der Waals surface area contributed by atoms with Crippen molar-refractivity contribution in [2.75, 3.05) is 6.54 Å². The van der Waals surface area contributed by atoms with E-state index in [1.807, 2.05) is 11.6 Å². The van der Waals surface area contributed by atoms with Crippen molar-refractivity contribution in [1.29, 1.82) is 0 Å². The first-order chi connectivity index (χ1) is 7.44. The average molecular weight is 242 g/mol. The number of rotatable bonds is 6. The Kier molecular flexibility index (Phi) is 4.80. The fourth-order valence-electron chi connectivity index (χ4n) is 1.15. The van der Waals surface area contributed by atoms with E-state index >= 15 is 0 Å². The zero-order chi connectivity index (χ0) is 12.2. The SMILES string of the molecule is CCC(C)(C)NCC(C)Sc1nncn1C. The lowest BCUT2D eigenvalue weighted by molar-refractivity contribution is 0.379. The summed E-state index contributed by atoms with van der Waals surface area (Å²) in [4.78, 5) is 0. The first-order valence-electron chi connectivity index (χ1n) is 5.70. The Balaban J connectivity index is 2.37. The quantitative estimate of drug-likeness (QED) is 0.776. The second kappa shape index (κ2) is 5.68. The van der Waals surface area contributed by atoms with E-state index < -0.39 is 0 Å². The Labute approximate surface area is 102 Å². The van der Waals surface area contributed by atoms with Gasteiger partial charge in [-0.25, -0.2) is 0 Å². The third-order valence-electron chi connectivity index (χ3n) is 2.73. The zero-order valence-corrected chi connectivity index (χ0v) is 11.6. The van der Waals surface area contributed by atoms with Crippen LogP contribution in [0.4, 0.5) is 0 Å². The molecule has 0 amide bonds. The Hall–Kier alpha value is -0.550. The predicted molar refractivity (Wildman–Crippen MR) is 68.7 cm³/mol. The summed E-state index contributed by atoms with van der Waals surface area (Å²) in [5, 5.41) is 13.0. The second-order valence-electron chi connectivity index (χ2n) is 4.77. The molecule has 1 unspecified atom stereocenters. The van der Waals surface area contributed by atoms with E-state index in [1.165, 1.54) is 0 Å². The Morgan fingerprint density at radius 3 is 2.75 bits per heavy atom. The van der Waals surface area contributed by atoms with Crippen molar-refractivity contribution in [1.82, 2.24) is 20.1 Å². The number of nitrogens with one attached hydrogen (secondary N) is 1. The predicted octanol–water partition coefficient (Wildman–Crippen LogP) is 2.07. The largest absolute Gasteiger partial charge is 0.312 e. The van der Waals surface area contributed by atoms with E-state index in [4.69, 9.17) is 0 Å². The van der Waals surface area contributed by atoms with E-state index in [1.54, 1.807) is 18.1 Å². The molecule has 0 bridgehead atoms. The van der Waals surface area contributed by atoms with E-state index in [-0.39, 0.29) is 5.54 Å². The van der Waals surface area contributed by atoms with Gasteiger partial charge in [0.2, 0.25) is 0 Å². The summed E-state index contributed by atoms with van der Waals surface area (Å²) >= 11 is 1.75. The molecule has 0 saturated carbocycles. The topological polar surface area (TPSA) is 42.7 Å². The van der Waals surface area contributed by atoms with Crippen LogP contribution in [0.25, 0.3) is 0 Å². The standard InChI is InChI=1S/C11H22N4S/c1-6-11(3,4)12-7-9(2)16-10-14-13-8-15(10)5/h8-9,12H,6-7H2,1-5H3. The van der Waals surface area contributed by atoms with Gasteiger partial charge in [0.05, 0.1) is 0 Å². The van der Waals surface area contributed by atoms with Gasteiger partial charge in [-0.3, -0.25) is 0 Å². The van der Waals surface area contributed by atoms with Crippen LogP contribution in [0.1, 0.15) is 34.1 Å². The van der Waals surface area contributed by atoms with E-state index in [0.717, 1.165) is 18.1 Å². The van der Waals surface area contributed by atoms with Crippen LogP contribution in [-0.2, 0) is 7.05 Å². The van der Waals surface area contributed by atoms with Crippen LogP contribution in [0.5, 0.6) is 0 Å². The van der Waals surface area contributed by atoms with Crippen LogP contribution in [0.3, 0.4) is 0 Å². The van der Waals surface area contributed by atoms with Gasteiger partial charge in [0.25, 0.3) is 0 Å². The van der Waals surface area contributed by atoms with Crippen molar-refractivity contribution in [2.24, 2.45) is 7.05 Å². The van der Waals surface area contributed by atoms with Crippen molar-refractivity contribution < 1.29 is 0 Å². The smallest absolute Gasteiger partial charge is 0.191 e. The van der Waals surface area contributed by atoms with Crippen LogP contribution in [0.15, 0.2) is 11.5 Å². The van der Waals surface area contributed by atoms with Crippen molar-refractivity contribution in [3.63, 3.8) is 0 Å². The number of hydrogen-bond donors (Lipinski definition) is 1. The van der Waals surface area contributed by atoms with Crippen LogP contribution in [0, 0.1) is 0 Å². The van der Waals surface area contributed by atoms with Crippen LogP contribution in [0.2, 0.25) is 0 Å². The van der Waals surface area contributed by atoms with Gasteiger partial charge in [-0.1, -0.05) is 25.6 Å². The molecule has 0 aliphatic heterocycles. The lowest BCUT2D eigenvalue weighted by atomic mass is 10.0. The zero-order valence-electron chi connectivity index (χ0n) is 10.8. The summed E-state index contributed by atoms with van der Waals surface area (Å²) in [6.45, 7) is 9.85. The highest BCUT2D eigenvalue weighted by atomic mass is 32.2. The van der Waals surface area contributed by atoms with Gasteiger partial charge in [-0.2, -0.15) is 0 Å². The molecule has 0 aliphatic carbocycles. The number of nitrogens with zero attached hydrogens (tertiary/aromatic N) is 3. The Morgan fingerprint density at radius 2 is 2.25 bits per heavy atom. The fourth-order valence-corrected chi connectivity index (χ4v) is 1.98. The Bertz CT molecular complexity index is 322. The van der Waals surface area contributed by atoms with Gasteiger partial charge in [0, 0.05) is 24.4 Å². The van der Waals surface area contributed by atoms with Gasteiger partial charge >= 0.3 is 0 Å². The lowest BCUT2D eigenvalue weighted by Gasteiger charge is -2.26. The summed E-state index contributed by atoms with van der Waals surface area (Å²) in [5.41, 5.74) is 0.217. The van der Waals surface area contributed by atoms with Crippen molar-refractivity contribution in [3.05, 3.63) is 6.33 Å². The van der Waals surface area contributed by atoms with Crippen LogP contribution >= 0.6 is 11.8 Å². The third kappa shape index (κ3) is 4.14. The minimum absolute atomic E-state index is 0.217. The molecule has 1 rings (SSSR count). The van der Waals surface area contributed by atoms with E-state index in [2.05, 4.69) is 43.2 Å². The molecule has 0 saturated heterocycles. The molecule has 1 N–H and O–H groups in total. The number of aromatic nitrogens is 3. The number of thioether (sulfide) groups is 1. The molecular weight excluding hydrogens is 220 g/mol. The minimum Gasteiger partial charge on any atom is -0.312 e. The van der Waals surface area contributed by atoms with Gasteiger partial charge in [-0.05, 0) is 20.3 Å². The summed E-state index contributed by atoms with van der Waals surface area (Å²) in [6, 6.07) is 0. The highest BCUT2D eigenvalue weighted by Crippen LogP contribution is 2.20. The van der Waals surface area contributed by atoms with E-state index in [0.29, 0.717) is 5.25 Å². The molecule has 92 valence electrons. The lowest BCUT2D eigenvalue weighted by Crippen LogP contribution is -2.41. The molecule has 1 aromatic heterocycles.